The van der Waals surface area contributed by atoms with Gasteiger partial charge in [-0.05, 0) is 54.6 Å². The average Bonchev–Trinajstić information content (AvgIpc) is 3.47. The third-order valence-electron chi connectivity index (χ3n) is 4.99. The van der Waals surface area contributed by atoms with Crippen LogP contribution in [0.2, 0.25) is 0 Å². The van der Waals surface area contributed by atoms with Crippen molar-refractivity contribution in [3.05, 3.63) is 70.9 Å². The minimum absolute atomic E-state index is 0.0349. The van der Waals surface area contributed by atoms with Gasteiger partial charge < -0.3 is 14.8 Å². The Labute approximate surface area is 205 Å². The molecule has 3 amide bonds. The minimum Gasteiger partial charge on any atom is -0.493 e. The van der Waals surface area contributed by atoms with Gasteiger partial charge in [-0.25, -0.2) is 0 Å². The maximum atomic E-state index is 12.8. The van der Waals surface area contributed by atoms with Gasteiger partial charge in [-0.2, -0.15) is 9.90 Å². The van der Waals surface area contributed by atoms with E-state index in [1.165, 1.54) is 18.1 Å². The molecule has 0 saturated carbocycles. The predicted molar refractivity (Wildman–Crippen MR) is 131 cm³/mol. The summed E-state index contributed by atoms with van der Waals surface area (Å²) in [6, 6.07) is 14.5. The van der Waals surface area contributed by atoms with Crippen molar-refractivity contribution in [2.24, 2.45) is 0 Å². The lowest BCUT2D eigenvalue weighted by Gasteiger charge is -2.12. The molecule has 2 heterocycles. The molecule has 0 unspecified atom stereocenters. The summed E-state index contributed by atoms with van der Waals surface area (Å²) in [6.07, 6.45) is 2.99. The highest BCUT2D eigenvalue weighted by atomic mass is 32.2. The van der Waals surface area contributed by atoms with Gasteiger partial charge in [-0.1, -0.05) is 24.3 Å². The molecule has 0 bridgehead atoms. The molecule has 3 aromatic rings. The highest BCUT2D eigenvalue weighted by Gasteiger charge is 2.34. The molecular weight excluding hydrogens is 470 g/mol. The van der Waals surface area contributed by atoms with E-state index >= 15 is 0 Å². The predicted octanol–water partition coefficient (Wildman–Crippen LogP) is 3.14. The van der Waals surface area contributed by atoms with E-state index in [2.05, 4.69) is 15.5 Å². The molecule has 1 aromatic heterocycles. The first-order valence-corrected chi connectivity index (χ1v) is 11.6. The van der Waals surface area contributed by atoms with Crippen LogP contribution in [0.3, 0.4) is 0 Å². The van der Waals surface area contributed by atoms with Crippen molar-refractivity contribution in [2.45, 2.75) is 6.92 Å². The average molecular weight is 494 g/mol. The molecule has 1 N–H and O–H groups in total. The van der Waals surface area contributed by atoms with E-state index in [0.717, 1.165) is 22.3 Å². The maximum absolute atomic E-state index is 12.8. The zero-order valence-corrected chi connectivity index (χ0v) is 19.9. The number of nitrogens with zero attached hydrogens (tertiary/aromatic N) is 4. The fourth-order valence-electron chi connectivity index (χ4n) is 3.32. The van der Waals surface area contributed by atoms with E-state index in [1.54, 1.807) is 24.3 Å². The van der Waals surface area contributed by atoms with Gasteiger partial charge in [0.1, 0.15) is 0 Å². The molecule has 1 fully saturated rings. The van der Waals surface area contributed by atoms with Gasteiger partial charge >= 0.3 is 0 Å². The highest BCUT2D eigenvalue weighted by molar-refractivity contribution is 8.18. The Hall–Kier alpha value is -4.12. The van der Waals surface area contributed by atoms with Crippen molar-refractivity contribution in [3.8, 4) is 17.2 Å². The van der Waals surface area contributed by atoms with Crippen molar-refractivity contribution in [2.75, 3.05) is 26.8 Å². The van der Waals surface area contributed by atoms with Gasteiger partial charge in [0, 0.05) is 13.1 Å². The number of nitrogens with one attached hydrogen (secondary N) is 1. The Bertz CT molecular complexity index is 1270. The van der Waals surface area contributed by atoms with E-state index < -0.39 is 17.1 Å². The molecule has 4 rings (SSSR count). The van der Waals surface area contributed by atoms with Gasteiger partial charge in [-0.15, -0.1) is 5.10 Å². The summed E-state index contributed by atoms with van der Waals surface area (Å²) in [5.74, 6) is 0.264. The van der Waals surface area contributed by atoms with Crippen molar-refractivity contribution in [1.82, 2.24) is 25.2 Å². The summed E-state index contributed by atoms with van der Waals surface area (Å²) in [5, 5.41) is 10.5. The number of amides is 3. The number of carbonyl (C=O) groups is 3. The summed E-state index contributed by atoms with van der Waals surface area (Å²) in [6.45, 7) is 2.49. The number of aromatic nitrogens is 3. The molecule has 1 aliphatic rings. The first-order valence-electron chi connectivity index (χ1n) is 10.8. The summed E-state index contributed by atoms with van der Waals surface area (Å²) < 4.78 is 10.8. The third-order valence-corrected chi connectivity index (χ3v) is 5.90. The quantitative estimate of drug-likeness (QED) is 0.452. The zero-order valence-electron chi connectivity index (χ0n) is 19.1. The number of thioether (sulfide) groups is 1. The lowest BCUT2D eigenvalue weighted by Crippen LogP contribution is -2.37. The monoisotopic (exact) mass is 493 g/mol. The van der Waals surface area contributed by atoms with E-state index in [0.29, 0.717) is 28.6 Å². The normalized spacial score (nSPS) is 14.5. The Morgan fingerprint density at radius 1 is 1.14 bits per heavy atom. The molecular formula is C24H23N5O5S. The first kappa shape index (κ1) is 24.0. The number of methoxy groups -OCH3 is 1. The Balaban J connectivity index is 1.35. The van der Waals surface area contributed by atoms with Crippen LogP contribution in [0.25, 0.3) is 11.8 Å². The number of benzene rings is 2. The molecule has 11 heteroatoms. The van der Waals surface area contributed by atoms with Crippen molar-refractivity contribution < 1.29 is 23.9 Å². The van der Waals surface area contributed by atoms with Gasteiger partial charge in [0.2, 0.25) is 0 Å². The molecule has 0 aliphatic carbocycles. The summed E-state index contributed by atoms with van der Waals surface area (Å²) in [4.78, 5) is 40.3. The molecule has 2 aromatic carbocycles. The Kier molecular flexibility index (Phi) is 7.46. The molecule has 0 radical (unpaired) electrons. The lowest BCUT2D eigenvalue weighted by molar-refractivity contribution is -0.122. The molecule has 10 nitrogen and oxygen atoms in total. The minimum atomic E-state index is -0.448. The topological polar surface area (TPSA) is 116 Å². The second-order valence-corrected chi connectivity index (χ2v) is 8.28. The second-order valence-electron chi connectivity index (χ2n) is 7.29. The van der Waals surface area contributed by atoms with Crippen LogP contribution in [0.1, 0.15) is 23.0 Å². The second kappa shape index (κ2) is 10.9. The number of hydrogen-bond acceptors (Lipinski definition) is 8. The zero-order chi connectivity index (χ0) is 24.8. The first-order chi connectivity index (χ1) is 17.0. The lowest BCUT2D eigenvalue weighted by atomic mass is 10.2. The fraction of sp³-hybridized carbons (Fsp3) is 0.208. The van der Waals surface area contributed by atoms with E-state index in [-0.39, 0.29) is 18.8 Å². The summed E-state index contributed by atoms with van der Waals surface area (Å²) >= 11 is 0.849. The van der Waals surface area contributed by atoms with Crippen LogP contribution in [0.5, 0.6) is 11.5 Å². The molecule has 180 valence electrons. The number of rotatable bonds is 9. The standard InChI is InChI=1S/C24H23N5O5S/c1-3-34-19-10-9-16(13-20(19)33-2)14-21-23(31)28(24(32)35-21)12-11-25-22(30)18-15-26-29(27-18)17-7-5-4-6-8-17/h4-10,13-15H,3,11-12H2,1-2H3,(H,25,30)/b21-14-. The van der Waals surface area contributed by atoms with Crippen LogP contribution in [-0.4, -0.2) is 63.8 Å². The Morgan fingerprint density at radius 3 is 2.69 bits per heavy atom. The van der Waals surface area contributed by atoms with Gasteiger partial charge in [-0.3, -0.25) is 19.3 Å². The van der Waals surface area contributed by atoms with Crippen LogP contribution in [0, 0.1) is 0 Å². The van der Waals surface area contributed by atoms with Gasteiger partial charge in [0.25, 0.3) is 17.1 Å². The van der Waals surface area contributed by atoms with Gasteiger partial charge in [0.05, 0.1) is 30.5 Å². The summed E-state index contributed by atoms with van der Waals surface area (Å²) in [7, 11) is 1.53. The third kappa shape index (κ3) is 5.52. The van der Waals surface area contributed by atoms with Gasteiger partial charge in [0.15, 0.2) is 17.2 Å². The van der Waals surface area contributed by atoms with Crippen LogP contribution >= 0.6 is 11.8 Å². The molecule has 35 heavy (non-hydrogen) atoms. The molecule has 0 spiro atoms. The van der Waals surface area contributed by atoms with Crippen LogP contribution in [0.15, 0.2) is 59.6 Å². The van der Waals surface area contributed by atoms with E-state index in [1.807, 2.05) is 37.3 Å². The number of carbonyl (C=O) groups excluding carboxylic acids is 3. The SMILES string of the molecule is CCOc1ccc(/C=C2\SC(=O)N(CCNC(=O)c3cnn(-c4ccccc4)n3)C2=O)cc1OC. The van der Waals surface area contributed by atoms with Crippen molar-refractivity contribution in [1.29, 1.82) is 0 Å². The summed E-state index contributed by atoms with van der Waals surface area (Å²) in [5.41, 5.74) is 1.55. The number of hydrogen-bond donors (Lipinski definition) is 1. The molecule has 0 atom stereocenters. The fourth-order valence-corrected chi connectivity index (χ4v) is 4.18. The number of para-hydroxylation sites is 1. The number of ether oxygens (including phenoxy) is 2. The molecule has 1 aliphatic heterocycles. The van der Waals surface area contributed by atoms with Crippen LogP contribution in [0.4, 0.5) is 4.79 Å². The number of imide groups is 1. The van der Waals surface area contributed by atoms with E-state index in [9.17, 15) is 14.4 Å². The largest absolute Gasteiger partial charge is 0.493 e. The smallest absolute Gasteiger partial charge is 0.293 e. The Morgan fingerprint density at radius 2 is 1.94 bits per heavy atom. The maximum Gasteiger partial charge on any atom is 0.293 e. The highest BCUT2D eigenvalue weighted by Crippen LogP contribution is 2.34. The van der Waals surface area contributed by atoms with Crippen LogP contribution < -0.4 is 14.8 Å². The molecule has 1 saturated heterocycles. The van der Waals surface area contributed by atoms with Crippen LogP contribution in [-0.2, 0) is 4.79 Å². The van der Waals surface area contributed by atoms with Crippen molar-refractivity contribution in [3.63, 3.8) is 0 Å². The van der Waals surface area contributed by atoms with E-state index in [4.69, 9.17) is 9.47 Å². The van der Waals surface area contributed by atoms with Crippen molar-refractivity contribution >= 4 is 34.9 Å².